The molecule has 1 saturated carbocycles. The van der Waals surface area contributed by atoms with Gasteiger partial charge in [0, 0.05) is 17.3 Å². The average molecular weight is 344 g/mol. The van der Waals surface area contributed by atoms with Crippen LogP contribution < -0.4 is 10.6 Å². The molecule has 2 N–H and O–H groups in total. The van der Waals surface area contributed by atoms with Crippen LogP contribution in [-0.2, 0) is 0 Å². The Kier molecular flexibility index (Phi) is 5.11. The molecule has 5 nitrogen and oxygen atoms in total. The minimum Gasteiger partial charge on any atom is -0.349 e. The molecule has 3 rings (SSSR count). The smallest absolute Gasteiger partial charge is 0.274 e. The summed E-state index contributed by atoms with van der Waals surface area (Å²) >= 11 is 5.88. The van der Waals surface area contributed by atoms with Crippen LogP contribution in [0.4, 0.5) is 5.69 Å². The van der Waals surface area contributed by atoms with E-state index >= 15 is 0 Å². The number of benzene rings is 1. The first-order valence-corrected chi connectivity index (χ1v) is 8.34. The summed E-state index contributed by atoms with van der Waals surface area (Å²) in [5.74, 6) is -0.574. The normalized spacial score (nSPS) is 14.4. The van der Waals surface area contributed by atoms with Crippen molar-refractivity contribution in [2.45, 2.75) is 31.7 Å². The van der Waals surface area contributed by atoms with Crippen molar-refractivity contribution in [2.24, 2.45) is 0 Å². The summed E-state index contributed by atoms with van der Waals surface area (Å²) in [6.45, 7) is 0. The predicted molar refractivity (Wildman–Crippen MR) is 93.4 cm³/mol. The monoisotopic (exact) mass is 343 g/mol. The minimum atomic E-state index is -0.404. The van der Waals surface area contributed by atoms with Crippen LogP contribution in [0.2, 0.25) is 5.02 Å². The fourth-order valence-electron chi connectivity index (χ4n) is 2.84. The van der Waals surface area contributed by atoms with Crippen molar-refractivity contribution in [1.82, 2.24) is 10.3 Å². The summed E-state index contributed by atoms with van der Waals surface area (Å²) in [5.41, 5.74) is 1.10. The SMILES string of the molecule is O=C(Nc1ccccc1C(=O)NC1CCCC1)c1cc(Cl)ccn1. The summed E-state index contributed by atoms with van der Waals surface area (Å²) < 4.78 is 0. The van der Waals surface area contributed by atoms with E-state index in [1.165, 1.54) is 12.3 Å². The third-order valence-electron chi connectivity index (χ3n) is 4.06. The van der Waals surface area contributed by atoms with E-state index in [0.717, 1.165) is 25.7 Å². The number of rotatable bonds is 4. The van der Waals surface area contributed by atoms with E-state index < -0.39 is 5.91 Å². The first kappa shape index (κ1) is 16.5. The number of nitrogens with zero attached hydrogens (tertiary/aromatic N) is 1. The lowest BCUT2D eigenvalue weighted by atomic mass is 10.1. The summed E-state index contributed by atoms with van der Waals surface area (Å²) in [5, 5.41) is 6.20. The molecule has 0 saturated heterocycles. The van der Waals surface area contributed by atoms with E-state index in [0.29, 0.717) is 16.3 Å². The zero-order valence-electron chi connectivity index (χ0n) is 13.1. The van der Waals surface area contributed by atoms with Gasteiger partial charge in [0.05, 0.1) is 11.3 Å². The van der Waals surface area contributed by atoms with Gasteiger partial charge in [0.2, 0.25) is 0 Å². The van der Waals surface area contributed by atoms with Gasteiger partial charge in [-0.3, -0.25) is 14.6 Å². The van der Waals surface area contributed by atoms with Crippen LogP contribution in [0.15, 0.2) is 42.6 Å². The largest absolute Gasteiger partial charge is 0.349 e. The van der Waals surface area contributed by atoms with Gasteiger partial charge in [0.15, 0.2) is 0 Å². The molecule has 1 heterocycles. The highest BCUT2D eigenvalue weighted by molar-refractivity contribution is 6.31. The van der Waals surface area contributed by atoms with Crippen molar-refractivity contribution in [3.05, 3.63) is 58.9 Å². The molecular formula is C18H18ClN3O2. The number of para-hydroxylation sites is 1. The number of hydrogen-bond donors (Lipinski definition) is 2. The Morgan fingerprint density at radius 2 is 1.83 bits per heavy atom. The number of carbonyl (C=O) groups excluding carboxylic acids is 2. The van der Waals surface area contributed by atoms with Crippen molar-refractivity contribution >= 4 is 29.1 Å². The fraction of sp³-hybridized carbons (Fsp3) is 0.278. The molecule has 124 valence electrons. The Labute approximate surface area is 145 Å². The first-order valence-electron chi connectivity index (χ1n) is 7.96. The maximum Gasteiger partial charge on any atom is 0.274 e. The van der Waals surface area contributed by atoms with Crippen LogP contribution in [0.25, 0.3) is 0 Å². The molecule has 0 aliphatic heterocycles. The van der Waals surface area contributed by atoms with Crippen LogP contribution in [0, 0.1) is 0 Å². The van der Waals surface area contributed by atoms with Gasteiger partial charge in [-0.2, -0.15) is 0 Å². The van der Waals surface area contributed by atoms with E-state index in [1.54, 1.807) is 30.3 Å². The van der Waals surface area contributed by atoms with Crippen molar-refractivity contribution in [2.75, 3.05) is 5.32 Å². The lowest BCUT2D eigenvalue weighted by molar-refractivity contribution is 0.0939. The molecule has 1 aromatic heterocycles. The molecule has 0 radical (unpaired) electrons. The standard InChI is InChI=1S/C18H18ClN3O2/c19-12-9-10-20-16(11-12)18(24)22-15-8-4-3-7-14(15)17(23)21-13-5-1-2-6-13/h3-4,7-11,13H,1-2,5-6H2,(H,21,23)(H,22,24). The Balaban J connectivity index is 1.76. The molecule has 2 amide bonds. The van der Waals surface area contributed by atoms with Gasteiger partial charge in [-0.05, 0) is 37.1 Å². The molecule has 0 atom stereocenters. The van der Waals surface area contributed by atoms with Crippen LogP contribution in [0.5, 0.6) is 0 Å². The Morgan fingerprint density at radius 3 is 2.58 bits per heavy atom. The summed E-state index contributed by atoms with van der Waals surface area (Å²) in [6.07, 6.45) is 5.77. The molecule has 1 aliphatic carbocycles. The predicted octanol–water partition coefficient (Wildman–Crippen LogP) is 3.66. The average Bonchev–Trinajstić information content (AvgIpc) is 3.08. The number of carbonyl (C=O) groups is 2. The number of halogens is 1. The molecule has 2 aromatic rings. The fourth-order valence-corrected chi connectivity index (χ4v) is 3.00. The van der Waals surface area contributed by atoms with Crippen molar-refractivity contribution in [3.63, 3.8) is 0 Å². The first-order chi connectivity index (χ1) is 11.6. The highest BCUT2D eigenvalue weighted by Gasteiger charge is 2.20. The number of amides is 2. The van der Waals surface area contributed by atoms with Gasteiger partial charge >= 0.3 is 0 Å². The topological polar surface area (TPSA) is 71.1 Å². The van der Waals surface area contributed by atoms with Crippen LogP contribution >= 0.6 is 11.6 Å². The summed E-state index contributed by atoms with van der Waals surface area (Å²) in [7, 11) is 0. The maximum atomic E-state index is 12.5. The molecule has 6 heteroatoms. The van der Waals surface area contributed by atoms with Crippen molar-refractivity contribution < 1.29 is 9.59 Å². The van der Waals surface area contributed by atoms with Crippen molar-refractivity contribution in [1.29, 1.82) is 0 Å². The van der Waals surface area contributed by atoms with E-state index in [9.17, 15) is 9.59 Å². The Hall–Kier alpha value is -2.40. The number of nitrogens with one attached hydrogen (secondary N) is 2. The number of anilines is 1. The van der Waals surface area contributed by atoms with E-state index in [1.807, 2.05) is 0 Å². The molecular weight excluding hydrogens is 326 g/mol. The summed E-state index contributed by atoms with van der Waals surface area (Å²) in [6, 6.07) is 10.2. The van der Waals surface area contributed by atoms with Gasteiger partial charge in [0.25, 0.3) is 11.8 Å². The molecule has 0 unspecified atom stereocenters. The van der Waals surface area contributed by atoms with E-state index in [2.05, 4.69) is 15.6 Å². The zero-order chi connectivity index (χ0) is 16.9. The molecule has 24 heavy (non-hydrogen) atoms. The zero-order valence-corrected chi connectivity index (χ0v) is 13.8. The second-order valence-corrected chi connectivity index (χ2v) is 6.25. The molecule has 1 fully saturated rings. The minimum absolute atomic E-state index is 0.170. The highest BCUT2D eigenvalue weighted by atomic mass is 35.5. The van der Waals surface area contributed by atoms with E-state index in [-0.39, 0.29) is 17.6 Å². The van der Waals surface area contributed by atoms with Gasteiger partial charge < -0.3 is 10.6 Å². The maximum absolute atomic E-state index is 12.5. The Bertz CT molecular complexity index is 757. The van der Waals surface area contributed by atoms with E-state index in [4.69, 9.17) is 11.6 Å². The quantitative estimate of drug-likeness (QED) is 0.890. The number of hydrogen-bond acceptors (Lipinski definition) is 3. The third kappa shape index (κ3) is 3.92. The molecule has 0 bridgehead atoms. The molecule has 1 aliphatic rings. The van der Waals surface area contributed by atoms with Crippen LogP contribution in [-0.4, -0.2) is 22.8 Å². The number of aromatic nitrogens is 1. The lowest BCUT2D eigenvalue weighted by Crippen LogP contribution is -2.33. The van der Waals surface area contributed by atoms with Gasteiger partial charge in [-0.1, -0.05) is 36.6 Å². The number of pyridine rings is 1. The molecule has 0 spiro atoms. The lowest BCUT2D eigenvalue weighted by Gasteiger charge is -2.15. The van der Waals surface area contributed by atoms with Gasteiger partial charge in [0.1, 0.15) is 5.69 Å². The van der Waals surface area contributed by atoms with Crippen LogP contribution in [0.3, 0.4) is 0 Å². The van der Waals surface area contributed by atoms with Crippen LogP contribution in [0.1, 0.15) is 46.5 Å². The second kappa shape index (κ2) is 7.45. The van der Waals surface area contributed by atoms with Gasteiger partial charge in [-0.15, -0.1) is 0 Å². The van der Waals surface area contributed by atoms with Crippen molar-refractivity contribution in [3.8, 4) is 0 Å². The summed E-state index contributed by atoms with van der Waals surface area (Å²) in [4.78, 5) is 28.8. The van der Waals surface area contributed by atoms with Gasteiger partial charge in [-0.25, -0.2) is 0 Å². The second-order valence-electron chi connectivity index (χ2n) is 5.81. The third-order valence-corrected chi connectivity index (χ3v) is 4.30. The Morgan fingerprint density at radius 1 is 1.08 bits per heavy atom. The highest BCUT2D eigenvalue weighted by Crippen LogP contribution is 2.21. The molecule has 1 aromatic carbocycles.